The Labute approximate surface area is 818 Å². The van der Waals surface area contributed by atoms with Crippen molar-refractivity contribution in [1.29, 1.82) is 5.41 Å². The molecular formula is C87H84Cl5F7N17NaO18S. The van der Waals surface area contributed by atoms with Gasteiger partial charge < -0.3 is 75.3 Å². The SMILES string of the molecule is C.C.CC(=O)O.CC(C)O.COc1ccc(CN(c2ccc(F)c(Cl)c2)c2ncnc3cc(F)ccc23)cc1OC.COc1ccc2c(N(Cc3ccc(OC)c(OC)c3)c3ccc(F)c(Cl)c3)ncnc2c1.C[O-].N=CN.Nc1cc(F)ccc1C(=O)O.O=S(Cl)Cl.O=[N+]([O-])c1cc2c(Cl)ncnc2cc1F.O=c1[nH]cnc2cc(F)c([N+](=O)[O-])cc12.O=c1[nH]cnc2cc(F)ccc12.[Na+]. The summed E-state index contributed by atoms with van der Waals surface area (Å²) < 4.78 is 129. The number of anilines is 5. The largest absolute Gasteiger partial charge is 1.00 e. The average molecular weight is 2020 g/mol. The number of nitrogens with two attached hydrogens (primary N) is 2. The van der Waals surface area contributed by atoms with E-state index in [1.165, 1.54) is 67.5 Å². The molecule has 0 spiro atoms. The van der Waals surface area contributed by atoms with Crippen molar-refractivity contribution in [1.82, 2.24) is 49.8 Å². The number of aliphatic hydroxyl groups excluding tert-OH is 1. The number of carbonyl (C=O) groups is 2. The zero-order chi connectivity index (χ0) is 99.0. The molecule has 0 aliphatic rings. The molecule has 5 aromatic heterocycles. The number of aromatic carboxylic acids is 1. The van der Waals surface area contributed by atoms with Crippen LogP contribution in [-0.4, -0.2) is 146 Å². The minimum atomic E-state index is -1.67. The van der Waals surface area contributed by atoms with Crippen molar-refractivity contribution < 1.29 is 128 Å². The third kappa shape index (κ3) is 35.8. The summed E-state index contributed by atoms with van der Waals surface area (Å²) in [5.41, 5.74) is 12.3. The van der Waals surface area contributed by atoms with Crippen molar-refractivity contribution in [3.63, 3.8) is 0 Å². The van der Waals surface area contributed by atoms with Crippen molar-refractivity contribution in [3.05, 3.63) is 315 Å². The van der Waals surface area contributed by atoms with Gasteiger partial charge in [0.2, 0.25) is 20.9 Å². The fourth-order valence-corrected chi connectivity index (χ4v) is 11.5. The first kappa shape index (κ1) is 118. The molecule has 35 nitrogen and oxygen atoms in total. The second-order valence-electron chi connectivity index (χ2n) is 25.6. The van der Waals surface area contributed by atoms with Crippen LogP contribution >= 0.6 is 56.2 Å². The van der Waals surface area contributed by atoms with Crippen LogP contribution < -0.4 is 90.7 Å². The van der Waals surface area contributed by atoms with Gasteiger partial charge in [-0.2, -0.15) is 15.9 Å². The number of methoxy groups -OCH3 is 5. The van der Waals surface area contributed by atoms with Gasteiger partial charge in [-0.25, -0.2) is 70.8 Å². The predicted molar refractivity (Wildman–Crippen MR) is 502 cm³/mol. The number of aromatic amines is 2. The van der Waals surface area contributed by atoms with Crippen LogP contribution in [0.25, 0.3) is 54.5 Å². The van der Waals surface area contributed by atoms with E-state index in [0.717, 1.165) is 97.5 Å². The number of ether oxygens (including phenoxy) is 5. The van der Waals surface area contributed by atoms with Crippen molar-refractivity contribution >= 4 is 178 Å². The molecule has 0 saturated heterocycles. The average Bonchev–Trinajstić information content (AvgIpc) is 0.788. The zero-order valence-corrected chi connectivity index (χ0v) is 78.1. The number of carboxylic acids is 2. The van der Waals surface area contributed by atoms with Crippen LogP contribution in [0.3, 0.4) is 0 Å². The number of nitro groups is 2. The first-order valence-corrected chi connectivity index (χ1v) is 40.9. The molecule has 0 saturated carbocycles. The van der Waals surface area contributed by atoms with Crippen LogP contribution in [0.4, 0.5) is 70.8 Å². The number of nitro benzene ring substituents is 2. The van der Waals surface area contributed by atoms with Crippen LogP contribution in [0.5, 0.6) is 28.7 Å². The third-order valence-corrected chi connectivity index (χ3v) is 17.4. The monoisotopic (exact) mass is 2020 g/mol. The molecule has 10 aromatic carbocycles. The number of nitrogen functional groups attached to an aromatic ring is 1. The van der Waals surface area contributed by atoms with E-state index < -0.39 is 82.8 Å². The van der Waals surface area contributed by atoms with Crippen molar-refractivity contribution in [2.45, 2.75) is 54.8 Å². The van der Waals surface area contributed by atoms with Gasteiger partial charge in [-0.05, 0) is 140 Å². The first-order valence-electron chi connectivity index (χ1n) is 37.0. The summed E-state index contributed by atoms with van der Waals surface area (Å²) in [5, 5.41) is 61.1. The maximum absolute atomic E-state index is 13.9. The van der Waals surface area contributed by atoms with Crippen molar-refractivity contribution in [2.24, 2.45) is 5.73 Å². The van der Waals surface area contributed by atoms with Crippen molar-refractivity contribution in [2.75, 3.05) is 58.2 Å². The summed E-state index contributed by atoms with van der Waals surface area (Å²) in [6.07, 6.45) is 6.96. The molecule has 0 amide bonds. The number of hydrogen-bond donors (Lipinski definition) is 8. The summed E-state index contributed by atoms with van der Waals surface area (Å²) in [7, 11) is 16.0. The van der Waals surface area contributed by atoms with Crippen LogP contribution in [0.2, 0.25) is 15.2 Å². The quantitative estimate of drug-likeness (QED) is 0.00512. The normalized spacial score (nSPS) is 9.86. The van der Waals surface area contributed by atoms with Gasteiger partial charge in [0, 0.05) is 123 Å². The van der Waals surface area contributed by atoms with Gasteiger partial charge in [-0.15, -0.1) is 0 Å². The number of aliphatic hydroxyl groups is 1. The third-order valence-electron chi connectivity index (χ3n) is 16.5. The maximum Gasteiger partial charge on any atom is 1.00 e. The number of carboxylic acid groups (broad SMARTS) is 2. The van der Waals surface area contributed by atoms with Gasteiger partial charge in [0.05, 0.1) is 118 Å². The summed E-state index contributed by atoms with van der Waals surface area (Å²) in [5.74, 6) is -1.97. The van der Waals surface area contributed by atoms with Gasteiger partial charge >= 0.3 is 46.9 Å². The van der Waals surface area contributed by atoms with Gasteiger partial charge in [0.15, 0.2) is 23.0 Å². The van der Waals surface area contributed by atoms with E-state index in [2.05, 4.69) is 76.9 Å². The Bertz CT molecular complexity index is 6710. The Morgan fingerprint density at radius 3 is 1.25 bits per heavy atom. The molecule has 0 aliphatic heterocycles. The van der Waals surface area contributed by atoms with Gasteiger partial charge in [-0.3, -0.25) is 40.0 Å². The predicted octanol–water partition coefficient (Wildman–Crippen LogP) is 15.5. The topological polar surface area (TPSA) is 519 Å². The molecule has 0 unspecified atom stereocenters. The van der Waals surface area contributed by atoms with Crippen LogP contribution in [-0.2, 0) is 27.1 Å². The number of aromatic nitrogens is 10. The molecule has 716 valence electrons. The van der Waals surface area contributed by atoms with E-state index >= 15 is 0 Å². The van der Waals surface area contributed by atoms with E-state index in [-0.39, 0.29) is 110 Å². The number of benzene rings is 10. The Hall–Kier alpha value is -13.9. The fraction of sp³-hybridized carbons (Fsp3) is 0.161. The number of nitrogens with one attached hydrogen (secondary N) is 3. The number of H-pyrrole nitrogens is 2. The molecule has 15 aromatic rings. The number of aliphatic carboxylic acids is 1. The summed E-state index contributed by atoms with van der Waals surface area (Å²) in [6, 6.07) is 40.9. The minimum absolute atomic E-state index is 0. The minimum Gasteiger partial charge on any atom is -0.857 e. The Balaban J connectivity index is 0.000000552. The molecule has 0 fully saturated rings. The Morgan fingerprint density at radius 1 is 0.507 bits per heavy atom. The van der Waals surface area contributed by atoms with Crippen LogP contribution in [0, 0.1) is 66.4 Å². The second-order valence-corrected chi connectivity index (χ2v) is 29.3. The summed E-state index contributed by atoms with van der Waals surface area (Å²) >= 11 is 17.8. The van der Waals surface area contributed by atoms with E-state index in [1.54, 1.807) is 79.7 Å². The second kappa shape index (κ2) is 59.0. The molecule has 15 rings (SSSR count). The summed E-state index contributed by atoms with van der Waals surface area (Å²) in [4.78, 5) is 102. The molecule has 0 atom stereocenters. The number of halogens is 12. The van der Waals surface area contributed by atoms with Gasteiger partial charge in [0.25, 0.3) is 17.1 Å². The molecule has 10 N–H and O–H groups in total. The van der Waals surface area contributed by atoms with Crippen LogP contribution in [0.15, 0.2) is 211 Å². The molecule has 49 heteroatoms. The zero-order valence-electron chi connectivity index (χ0n) is 71.6. The molecule has 136 heavy (non-hydrogen) atoms. The summed E-state index contributed by atoms with van der Waals surface area (Å²) in [6.45, 7) is 5.30. The van der Waals surface area contributed by atoms with Crippen molar-refractivity contribution in [3.8, 4) is 28.7 Å². The standard InChI is InChI=1S/C24H21ClFN3O3.C23H18ClF2N3O2.C8H3ClFN3O2.C8H4FN3O3.C8H5FN2O.C7H6FNO2.C3H8O.C2H4O2.CH4N2.CH3O.2CH4.Cl2OS.Na/c1-30-17-6-7-18-21(12-17)27-14-28-24(18)29(16-5-8-20(26)19(25)11-16)13-15-4-9-22(31-2)23(10-15)32-3;1-30-21-8-3-14(9-22(21)31-2)12-29(16-5-7-19(26)18(24)11-16)23-17-6-4-15(25)10-20(17)27-13-28-23;9-8-4-1-7(13(14)15)5(10)2-6(4)11-3-12-8;9-5-2-6-4(1-7(5)12(14)15)8(13)11-3-10-6;9-5-1-2-6-7(3-5)10-4-11-8(6)12;8-4-1-2-5(7(10)11)6(9)3-4;1-3(2)4;1-2(3)4;2-1-3;1-2;;;1-4(2)3;/h4-12,14H,13H2,1-3H3;3-11,13H,12H2,1-2H3;1-3H;1-3H,(H,10,11,13);1-4H,(H,10,11,12);1-3H,9H2,(H,10,11);3-4H,1-2H3;1H3,(H,3,4);1H,(H3,2,3);1H3;2*1H4;;/q;;;;;;;;;-1;;;;+1. The molecule has 0 bridgehead atoms. The Morgan fingerprint density at radius 2 is 0.860 bits per heavy atom. The molecule has 0 radical (unpaired) electrons. The first-order chi connectivity index (χ1) is 63.2. The van der Waals surface area contributed by atoms with E-state index in [0.29, 0.717) is 86.7 Å². The van der Waals surface area contributed by atoms with Crippen LogP contribution in [0.1, 0.15) is 57.1 Å². The number of fused-ring (bicyclic) bond motifs is 5. The smallest absolute Gasteiger partial charge is 0.857 e. The Kier molecular flexibility index (Phi) is 51.3. The molecule has 0 aliphatic carbocycles. The fourth-order valence-electron chi connectivity index (χ4n) is 11.0. The van der Waals surface area contributed by atoms with E-state index in [1.807, 2.05) is 58.3 Å². The number of hydrogen-bond acceptors (Lipinski definition) is 28. The number of nitrogens with zero attached hydrogens (tertiary/aromatic N) is 12. The molecule has 5 heterocycles. The molecular weight excluding hydrogens is 1940 g/mol. The number of rotatable bonds is 16. The van der Waals surface area contributed by atoms with Gasteiger partial charge in [-0.1, -0.05) is 61.8 Å². The maximum atomic E-state index is 13.9. The van der Waals surface area contributed by atoms with E-state index in [4.69, 9.17) is 99.1 Å². The van der Waals surface area contributed by atoms with E-state index in [9.17, 15) is 65.3 Å². The van der Waals surface area contributed by atoms with Gasteiger partial charge in [0.1, 0.15) is 70.6 Å².